The summed E-state index contributed by atoms with van der Waals surface area (Å²) in [5.74, 6) is 0.346. The van der Waals surface area contributed by atoms with E-state index in [4.69, 9.17) is 4.52 Å². The monoisotopic (exact) mass is 308 g/mol. The van der Waals surface area contributed by atoms with Gasteiger partial charge in [-0.05, 0) is 38.0 Å². The number of aryl methyl sites for hydroxylation is 2. The minimum absolute atomic E-state index is 0.267. The summed E-state index contributed by atoms with van der Waals surface area (Å²) in [6, 6.07) is 5.51. The van der Waals surface area contributed by atoms with Gasteiger partial charge in [-0.15, -0.1) is 0 Å². The number of hydrogen-bond acceptors (Lipinski definition) is 3. The molecule has 1 amide bonds. The first-order valence-corrected chi connectivity index (χ1v) is 6.28. The summed E-state index contributed by atoms with van der Waals surface area (Å²) in [5, 5.41) is 6.55. The van der Waals surface area contributed by atoms with Crippen molar-refractivity contribution in [3.8, 4) is 0 Å². The number of amides is 1. The summed E-state index contributed by atoms with van der Waals surface area (Å²) < 4.78 is 5.85. The second-order valence-electron chi connectivity index (χ2n) is 4.14. The zero-order valence-corrected chi connectivity index (χ0v) is 12.0. The van der Waals surface area contributed by atoms with Crippen LogP contribution in [0.1, 0.15) is 27.4 Å². The van der Waals surface area contributed by atoms with Gasteiger partial charge in [0.05, 0.1) is 0 Å². The number of carbonyl (C=O) groups excluding carboxylic acids is 1. The largest absolute Gasteiger partial charge is 0.361 e. The SMILES string of the molecule is Cc1cc(C(=O)Nc2c(C)ccc(Br)c2C)no1. The van der Waals surface area contributed by atoms with Gasteiger partial charge in [-0.2, -0.15) is 0 Å². The van der Waals surface area contributed by atoms with E-state index in [1.54, 1.807) is 13.0 Å². The minimum atomic E-state index is -0.267. The van der Waals surface area contributed by atoms with Crippen molar-refractivity contribution in [2.75, 3.05) is 5.32 Å². The van der Waals surface area contributed by atoms with Crippen molar-refractivity contribution in [1.82, 2.24) is 5.16 Å². The Hall–Kier alpha value is -1.62. The average Bonchev–Trinajstić information content (AvgIpc) is 2.76. The van der Waals surface area contributed by atoms with Gasteiger partial charge in [0.2, 0.25) is 0 Å². The van der Waals surface area contributed by atoms with Gasteiger partial charge in [-0.1, -0.05) is 27.2 Å². The Morgan fingerprint density at radius 3 is 2.67 bits per heavy atom. The number of benzene rings is 1. The molecule has 1 aromatic heterocycles. The van der Waals surface area contributed by atoms with E-state index < -0.39 is 0 Å². The fourth-order valence-electron chi connectivity index (χ4n) is 1.66. The smallest absolute Gasteiger partial charge is 0.277 e. The lowest BCUT2D eigenvalue weighted by atomic mass is 10.1. The Labute approximate surface area is 113 Å². The first kappa shape index (κ1) is 12.8. The van der Waals surface area contributed by atoms with Gasteiger partial charge in [-0.3, -0.25) is 4.79 Å². The lowest BCUT2D eigenvalue weighted by molar-refractivity contribution is 0.101. The number of rotatable bonds is 2. The molecule has 0 fully saturated rings. The van der Waals surface area contributed by atoms with E-state index in [9.17, 15) is 4.79 Å². The van der Waals surface area contributed by atoms with Crippen molar-refractivity contribution in [2.24, 2.45) is 0 Å². The molecule has 2 rings (SSSR count). The van der Waals surface area contributed by atoms with Gasteiger partial charge >= 0.3 is 0 Å². The first-order valence-electron chi connectivity index (χ1n) is 5.49. The number of hydrogen-bond donors (Lipinski definition) is 1. The van der Waals surface area contributed by atoms with Gasteiger partial charge in [0.15, 0.2) is 5.69 Å². The molecule has 0 spiro atoms. The molecule has 1 aromatic carbocycles. The number of nitrogens with one attached hydrogen (secondary N) is 1. The molecule has 0 saturated carbocycles. The number of halogens is 1. The maximum Gasteiger partial charge on any atom is 0.277 e. The van der Waals surface area contributed by atoms with Crippen LogP contribution in [0.25, 0.3) is 0 Å². The highest BCUT2D eigenvalue weighted by Crippen LogP contribution is 2.27. The highest BCUT2D eigenvalue weighted by atomic mass is 79.9. The third-order valence-corrected chi connectivity index (χ3v) is 3.57. The Morgan fingerprint density at radius 1 is 1.33 bits per heavy atom. The van der Waals surface area contributed by atoms with Crippen molar-refractivity contribution < 1.29 is 9.32 Å². The summed E-state index contributed by atoms with van der Waals surface area (Å²) in [7, 11) is 0. The van der Waals surface area contributed by atoms with Crippen LogP contribution in [-0.4, -0.2) is 11.1 Å². The number of anilines is 1. The van der Waals surface area contributed by atoms with E-state index in [0.717, 1.165) is 21.3 Å². The molecule has 0 aliphatic heterocycles. The van der Waals surface area contributed by atoms with Crippen molar-refractivity contribution in [1.29, 1.82) is 0 Å². The lowest BCUT2D eigenvalue weighted by Crippen LogP contribution is -2.14. The second-order valence-corrected chi connectivity index (χ2v) is 5.00. The average molecular weight is 309 g/mol. The zero-order chi connectivity index (χ0) is 13.3. The molecular weight excluding hydrogens is 296 g/mol. The first-order chi connectivity index (χ1) is 8.49. The maximum absolute atomic E-state index is 12.0. The Bertz CT molecular complexity index is 605. The molecule has 0 unspecified atom stereocenters. The standard InChI is InChI=1S/C13H13BrN2O2/c1-7-4-5-10(14)9(3)12(7)15-13(17)11-6-8(2)18-16-11/h4-6H,1-3H3,(H,15,17). The second kappa shape index (κ2) is 4.94. The molecular formula is C13H13BrN2O2. The van der Waals surface area contributed by atoms with Crippen LogP contribution in [-0.2, 0) is 0 Å². The predicted molar refractivity (Wildman–Crippen MR) is 72.8 cm³/mol. The molecule has 1 N–H and O–H groups in total. The Balaban J connectivity index is 2.30. The molecule has 5 heteroatoms. The van der Waals surface area contributed by atoms with E-state index in [1.165, 1.54) is 0 Å². The van der Waals surface area contributed by atoms with Crippen molar-refractivity contribution >= 4 is 27.5 Å². The van der Waals surface area contributed by atoms with E-state index in [-0.39, 0.29) is 11.6 Å². The van der Waals surface area contributed by atoms with Crippen LogP contribution in [0, 0.1) is 20.8 Å². The molecule has 0 atom stereocenters. The molecule has 4 nitrogen and oxygen atoms in total. The Morgan fingerprint density at radius 2 is 2.06 bits per heavy atom. The highest BCUT2D eigenvalue weighted by Gasteiger charge is 2.14. The van der Waals surface area contributed by atoms with Gasteiger partial charge in [0.1, 0.15) is 5.76 Å². The predicted octanol–water partition coefficient (Wildman–Crippen LogP) is 3.61. The molecule has 0 radical (unpaired) electrons. The van der Waals surface area contributed by atoms with E-state index >= 15 is 0 Å². The molecule has 18 heavy (non-hydrogen) atoms. The topological polar surface area (TPSA) is 55.1 Å². The van der Waals surface area contributed by atoms with E-state index in [2.05, 4.69) is 26.4 Å². The minimum Gasteiger partial charge on any atom is -0.361 e. The summed E-state index contributed by atoms with van der Waals surface area (Å²) in [6.45, 7) is 5.64. The van der Waals surface area contributed by atoms with Gasteiger partial charge in [0, 0.05) is 16.2 Å². The number of aromatic nitrogens is 1. The molecule has 0 aliphatic carbocycles. The summed E-state index contributed by atoms with van der Waals surface area (Å²) in [5.41, 5.74) is 3.08. The number of carbonyl (C=O) groups is 1. The van der Waals surface area contributed by atoms with Crippen LogP contribution >= 0.6 is 15.9 Å². The molecule has 0 bridgehead atoms. The van der Waals surface area contributed by atoms with E-state index in [0.29, 0.717) is 5.76 Å². The van der Waals surface area contributed by atoms with Crippen molar-refractivity contribution in [2.45, 2.75) is 20.8 Å². The lowest BCUT2D eigenvalue weighted by Gasteiger charge is -2.11. The molecule has 1 heterocycles. The molecule has 2 aromatic rings. The molecule has 0 aliphatic rings. The van der Waals surface area contributed by atoms with Crippen LogP contribution < -0.4 is 5.32 Å². The normalized spacial score (nSPS) is 10.4. The quantitative estimate of drug-likeness (QED) is 0.922. The fourth-order valence-corrected chi connectivity index (χ4v) is 2.00. The summed E-state index contributed by atoms with van der Waals surface area (Å²) >= 11 is 3.45. The summed E-state index contributed by atoms with van der Waals surface area (Å²) in [6.07, 6.45) is 0. The summed E-state index contributed by atoms with van der Waals surface area (Å²) in [4.78, 5) is 12.0. The number of nitrogens with zero attached hydrogens (tertiary/aromatic N) is 1. The van der Waals surface area contributed by atoms with Crippen LogP contribution in [0.4, 0.5) is 5.69 Å². The van der Waals surface area contributed by atoms with Gasteiger partial charge in [-0.25, -0.2) is 0 Å². The third-order valence-electron chi connectivity index (χ3n) is 2.71. The highest BCUT2D eigenvalue weighted by molar-refractivity contribution is 9.10. The van der Waals surface area contributed by atoms with Crippen molar-refractivity contribution in [3.05, 3.63) is 45.3 Å². The maximum atomic E-state index is 12.0. The third kappa shape index (κ3) is 2.46. The fraction of sp³-hybridized carbons (Fsp3) is 0.231. The van der Waals surface area contributed by atoms with Crippen LogP contribution in [0.5, 0.6) is 0 Å². The van der Waals surface area contributed by atoms with Gasteiger partial charge in [0.25, 0.3) is 5.91 Å². The molecule has 94 valence electrons. The molecule has 0 saturated heterocycles. The Kier molecular flexibility index (Phi) is 3.52. The van der Waals surface area contributed by atoms with Crippen LogP contribution in [0.3, 0.4) is 0 Å². The van der Waals surface area contributed by atoms with E-state index in [1.807, 2.05) is 26.0 Å². The van der Waals surface area contributed by atoms with Gasteiger partial charge < -0.3 is 9.84 Å². The van der Waals surface area contributed by atoms with Crippen LogP contribution in [0.15, 0.2) is 27.2 Å². The van der Waals surface area contributed by atoms with Crippen LogP contribution in [0.2, 0.25) is 0 Å². The van der Waals surface area contributed by atoms with Crippen molar-refractivity contribution in [3.63, 3.8) is 0 Å². The zero-order valence-electron chi connectivity index (χ0n) is 10.4.